The summed E-state index contributed by atoms with van der Waals surface area (Å²) < 4.78 is 0. The van der Waals surface area contributed by atoms with Gasteiger partial charge in [0.1, 0.15) is 5.82 Å². The van der Waals surface area contributed by atoms with E-state index < -0.39 is 0 Å². The molecule has 5 heteroatoms. The van der Waals surface area contributed by atoms with Crippen molar-refractivity contribution in [3.05, 3.63) is 22.8 Å². The van der Waals surface area contributed by atoms with Gasteiger partial charge in [0.15, 0.2) is 0 Å². The first-order valence-corrected chi connectivity index (χ1v) is 8.11. The Hall–Kier alpha value is -0.840. The Morgan fingerprint density at radius 3 is 2.86 bits per heavy atom. The summed E-state index contributed by atoms with van der Waals surface area (Å²) in [6, 6.07) is 2.75. The molecule has 0 spiro atoms. The number of nitrogens with zero attached hydrogens (tertiary/aromatic N) is 3. The van der Waals surface area contributed by atoms with Gasteiger partial charge in [0, 0.05) is 31.9 Å². The number of anilines is 1. The molecule has 0 bridgehead atoms. The van der Waals surface area contributed by atoms with Gasteiger partial charge in [-0.2, -0.15) is 0 Å². The molecule has 0 amide bonds. The normalized spacial score (nSPS) is 19.0. The zero-order valence-corrected chi connectivity index (χ0v) is 14.3. The summed E-state index contributed by atoms with van der Waals surface area (Å²) in [6.45, 7) is 8.32. The topological polar surface area (TPSA) is 31.4 Å². The smallest absolute Gasteiger partial charge is 0.128 e. The highest BCUT2D eigenvalue weighted by atomic mass is 35.5. The number of rotatable bonds is 6. The molecule has 1 N–H and O–H groups in total. The van der Waals surface area contributed by atoms with Gasteiger partial charge in [-0.15, -0.1) is 0 Å². The van der Waals surface area contributed by atoms with Crippen molar-refractivity contribution in [2.75, 3.05) is 38.6 Å². The van der Waals surface area contributed by atoms with E-state index in [1.54, 1.807) is 6.20 Å². The maximum atomic E-state index is 6.27. The van der Waals surface area contributed by atoms with E-state index in [4.69, 9.17) is 11.6 Å². The van der Waals surface area contributed by atoms with Crippen molar-refractivity contribution in [2.45, 2.75) is 32.9 Å². The first kappa shape index (κ1) is 16.5. The highest BCUT2D eigenvalue weighted by Gasteiger charge is 2.25. The number of hydrogen-bond acceptors (Lipinski definition) is 4. The fourth-order valence-electron chi connectivity index (χ4n) is 2.64. The molecule has 21 heavy (non-hydrogen) atoms. The average Bonchev–Trinajstić information content (AvgIpc) is 2.90. The van der Waals surface area contributed by atoms with E-state index >= 15 is 0 Å². The standard InChI is InChI=1S/C16H27ClN4/c1-12(2)8-18-9-13-7-16(19-10-15(13)17)21-6-5-14(11-21)20(3)4/h7,10,12,14,18H,5-6,8-9,11H2,1-4H3. The van der Waals surface area contributed by atoms with Gasteiger partial charge in [0.25, 0.3) is 0 Å². The molecule has 1 aromatic rings. The SMILES string of the molecule is CC(C)CNCc1cc(N2CCC(N(C)C)C2)ncc1Cl. The molecule has 0 saturated carbocycles. The molecule has 1 aliphatic rings. The second-order valence-corrected chi connectivity index (χ2v) is 6.92. The number of pyridine rings is 1. The summed E-state index contributed by atoms with van der Waals surface area (Å²) in [7, 11) is 4.29. The number of nitrogens with one attached hydrogen (secondary N) is 1. The van der Waals surface area contributed by atoms with Crippen molar-refractivity contribution in [2.24, 2.45) is 5.92 Å². The van der Waals surface area contributed by atoms with Crippen molar-refractivity contribution in [1.29, 1.82) is 0 Å². The molecule has 1 fully saturated rings. The van der Waals surface area contributed by atoms with Crippen molar-refractivity contribution >= 4 is 17.4 Å². The lowest BCUT2D eigenvalue weighted by molar-refractivity contribution is 0.315. The minimum Gasteiger partial charge on any atom is -0.355 e. The van der Waals surface area contributed by atoms with Crippen LogP contribution in [-0.2, 0) is 6.54 Å². The van der Waals surface area contributed by atoms with Crippen molar-refractivity contribution in [1.82, 2.24) is 15.2 Å². The van der Waals surface area contributed by atoms with Gasteiger partial charge < -0.3 is 15.1 Å². The molecule has 1 unspecified atom stereocenters. The van der Waals surface area contributed by atoms with E-state index in [1.807, 2.05) is 0 Å². The Kier molecular flexibility index (Phi) is 5.85. The Morgan fingerprint density at radius 2 is 2.24 bits per heavy atom. The summed E-state index contributed by atoms with van der Waals surface area (Å²) in [6.07, 6.45) is 2.98. The van der Waals surface area contributed by atoms with E-state index in [2.05, 4.69) is 54.1 Å². The van der Waals surface area contributed by atoms with Crippen LogP contribution < -0.4 is 10.2 Å². The lowest BCUT2D eigenvalue weighted by atomic mass is 10.2. The monoisotopic (exact) mass is 310 g/mol. The minimum absolute atomic E-state index is 0.616. The zero-order chi connectivity index (χ0) is 15.4. The molecule has 0 aliphatic carbocycles. The number of likely N-dealkylation sites (N-methyl/N-ethyl adjacent to an activating group) is 1. The van der Waals surface area contributed by atoms with E-state index in [0.717, 1.165) is 42.6 Å². The van der Waals surface area contributed by atoms with E-state index in [0.29, 0.717) is 12.0 Å². The molecule has 1 aliphatic heterocycles. The second-order valence-electron chi connectivity index (χ2n) is 6.51. The minimum atomic E-state index is 0.616. The lowest BCUT2D eigenvalue weighted by Gasteiger charge is -2.21. The molecular formula is C16H27ClN4. The molecule has 118 valence electrons. The third-order valence-corrected chi connectivity index (χ3v) is 4.35. The van der Waals surface area contributed by atoms with Gasteiger partial charge in [-0.3, -0.25) is 0 Å². The van der Waals surface area contributed by atoms with Crippen molar-refractivity contribution in [3.8, 4) is 0 Å². The molecule has 0 aromatic carbocycles. The average molecular weight is 311 g/mol. The van der Waals surface area contributed by atoms with Crippen molar-refractivity contribution in [3.63, 3.8) is 0 Å². The van der Waals surface area contributed by atoms with Crippen LogP contribution in [0, 0.1) is 5.92 Å². The molecule has 0 radical (unpaired) electrons. The molecule has 4 nitrogen and oxygen atoms in total. The molecule has 2 heterocycles. The zero-order valence-electron chi connectivity index (χ0n) is 13.6. The van der Waals surface area contributed by atoms with E-state index in [1.165, 1.54) is 6.42 Å². The van der Waals surface area contributed by atoms with Gasteiger partial charge in [-0.1, -0.05) is 25.4 Å². The largest absolute Gasteiger partial charge is 0.355 e. The predicted octanol–water partition coefficient (Wildman–Crippen LogP) is 2.62. The Balaban J connectivity index is 2.01. The van der Waals surface area contributed by atoms with Crippen molar-refractivity contribution < 1.29 is 0 Å². The molecule has 1 saturated heterocycles. The summed E-state index contributed by atoms with van der Waals surface area (Å²) in [5.41, 5.74) is 1.13. The summed E-state index contributed by atoms with van der Waals surface area (Å²) in [5, 5.41) is 4.20. The van der Waals surface area contributed by atoms with Crippen LogP contribution in [0.2, 0.25) is 5.02 Å². The van der Waals surface area contributed by atoms with Crippen LogP contribution in [0.1, 0.15) is 25.8 Å². The van der Waals surface area contributed by atoms with Gasteiger partial charge >= 0.3 is 0 Å². The molecule has 1 atom stereocenters. The lowest BCUT2D eigenvalue weighted by Crippen LogP contribution is -2.31. The van der Waals surface area contributed by atoms with Crippen LogP contribution >= 0.6 is 11.6 Å². The maximum absolute atomic E-state index is 6.27. The second kappa shape index (κ2) is 7.43. The quantitative estimate of drug-likeness (QED) is 0.875. The molecular weight excluding hydrogens is 284 g/mol. The third-order valence-electron chi connectivity index (χ3n) is 4.01. The maximum Gasteiger partial charge on any atom is 0.128 e. The number of aromatic nitrogens is 1. The van der Waals surface area contributed by atoms with Crippen LogP contribution in [-0.4, -0.2) is 49.7 Å². The molecule has 2 rings (SSSR count). The van der Waals surface area contributed by atoms with E-state index in [9.17, 15) is 0 Å². The van der Waals surface area contributed by atoms with Gasteiger partial charge in [-0.25, -0.2) is 4.98 Å². The Morgan fingerprint density at radius 1 is 1.48 bits per heavy atom. The highest BCUT2D eigenvalue weighted by Crippen LogP contribution is 2.24. The van der Waals surface area contributed by atoms with Crippen LogP contribution in [0.15, 0.2) is 12.3 Å². The van der Waals surface area contributed by atoms with Gasteiger partial charge in [0.05, 0.1) is 5.02 Å². The Labute approximate surface area is 133 Å². The summed E-state index contributed by atoms with van der Waals surface area (Å²) in [5.74, 6) is 1.69. The fourth-order valence-corrected chi connectivity index (χ4v) is 2.81. The summed E-state index contributed by atoms with van der Waals surface area (Å²) >= 11 is 6.27. The van der Waals surface area contributed by atoms with Crippen LogP contribution in [0.5, 0.6) is 0 Å². The van der Waals surface area contributed by atoms with Gasteiger partial charge in [-0.05, 0) is 44.6 Å². The molecule has 1 aromatic heterocycles. The van der Waals surface area contributed by atoms with E-state index in [-0.39, 0.29) is 0 Å². The highest BCUT2D eigenvalue weighted by molar-refractivity contribution is 6.31. The van der Waals surface area contributed by atoms with Crippen LogP contribution in [0.4, 0.5) is 5.82 Å². The number of halogens is 1. The predicted molar refractivity (Wildman–Crippen MR) is 90.1 cm³/mol. The summed E-state index contributed by atoms with van der Waals surface area (Å²) in [4.78, 5) is 9.15. The van der Waals surface area contributed by atoms with Crippen LogP contribution in [0.3, 0.4) is 0 Å². The Bertz CT molecular complexity index is 462. The third kappa shape index (κ3) is 4.56. The first-order valence-electron chi connectivity index (χ1n) is 7.74. The fraction of sp³-hybridized carbons (Fsp3) is 0.688. The first-order chi connectivity index (χ1) is 9.97. The van der Waals surface area contributed by atoms with Gasteiger partial charge in [0.2, 0.25) is 0 Å². The number of hydrogen-bond donors (Lipinski definition) is 1. The van der Waals surface area contributed by atoms with Crippen LogP contribution in [0.25, 0.3) is 0 Å².